The maximum Gasteiger partial charge on any atom is 0.207 e. The lowest BCUT2D eigenvalue weighted by Gasteiger charge is -2.19. The summed E-state index contributed by atoms with van der Waals surface area (Å²) in [7, 11) is 3.09. The summed E-state index contributed by atoms with van der Waals surface area (Å²) in [5, 5.41) is 0. The number of nitrogens with two attached hydrogens (primary N) is 1. The molecular formula is C19H23NO4. The van der Waals surface area contributed by atoms with Crippen molar-refractivity contribution in [3.8, 4) is 17.2 Å². The number of Topliss-reactive ketones (excluding diaryl/α,β-unsaturated/α-hetero) is 1. The quantitative estimate of drug-likeness (QED) is 0.590. The third kappa shape index (κ3) is 4.19. The Bertz CT molecular complexity index is 700. The molecule has 2 aromatic carbocycles. The van der Waals surface area contributed by atoms with Gasteiger partial charge in [0.2, 0.25) is 5.78 Å². The van der Waals surface area contributed by atoms with E-state index >= 15 is 0 Å². The molecule has 0 saturated heterocycles. The van der Waals surface area contributed by atoms with E-state index in [0.717, 1.165) is 6.42 Å². The van der Waals surface area contributed by atoms with Crippen LogP contribution < -0.4 is 19.9 Å². The van der Waals surface area contributed by atoms with Crippen LogP contribution in [-0.4, -0.2) is 26.1 Å². The molecule has 0 aromatic heterocycles. The zero-order valence-electron chi connectivity index (χ0n) is 14.2. The fraction of sp³-hybridized carbons (Fsp3) is 0.316. The molecule has 5 heteroatoms. The van der Waals surface area contributed by atoms with E-state index < -0.39 is 6.10 Å². The van der Waals surface area contributed by atoms with Crippen molar-refractivity contribution in [3.05, 3.63) is 48.0 Å². The van der Waals surface area contributed by atoms with Crippen molar-refractivity contribution in [2.45, 2.75) is 25.9 Å². The van der Waals surface area contributed by atoms with Crippen LogP contribution in [-0.2, 0) is 0 Å². The zero-order chi connectivity index (χ0) is 17.5. The van der Waals surface area contributed by atoms with E-state index in [1.165, 1.54) is 7.11 Å². The summed E-state index contributed by atoms with van der Waals surface area (Å²) in [5.74, 6) is 1.52. The number of methoxy groups -OCH3 is 2. The molecule has 1 atom stereocenters. The number of hydrogen-bond acceptors (Lipinski definition) is 5. The molecule has 2 rings (SSSR count). The largest absolute Gasteiger partial charge is 0.497 e. The first-order valence-corrected chi connectivity index (χ1v) is 7.87. The minimum atomic E-state index is -0.613. The van der Waals surface area contributed by atoms with E-state index in [4.69, 9.17) is 19.9 Å². The lowest BCUT2D eigenvalue weighted by molar-refractivity contribution is 0.0774. The fourth-order valence-electron chi connectivity index (χ4n) is 2.44. The van der Waals surface area contributed by atoms with Crippen LogP contribution in [0.5, 0.6) is 17.2 Å². The lowest BCUT2D eigenvalue weighted by atomic mass is 10.0. The number of carbonyl (C=O) groups is 1. The normalized spacial score (nSPS) is 11.6. The van der Waals surface area contributed by atoms with E-state index in [-0.39, 0.29) is 5.78 Å². The van der Waals surface area contributed by atoms with Gasteiger partial charge >= 0.3 is 0 Å². The van der Waals surface area contributed by atoms with Gasteiger partial charge in [0, 0.05) is 11.8 Å². The average Bonchev–Trinajstić information content (AvgIpc) is 2.60. The van der Waals surface area contributed by atoms with Gasteiger partial charge in [-0.25, -0.2) is 0 Å². The molecular weight excluding hydrogens is 306 g/mol. The van der Waals surface area contributed by atoms with E-state index in [2.05, 4.69) is 0 Å². The second-order valence-corrected chi connectivity index (χ2v) is 5.40. The number of benzene rings is 2. The van der Waals surface area contributed by atoms with Crippen molar-refractivity contribution in [1.82, 2.24) is 0 Å². The van der Waals surface area contributed by atoms with Gasteiger partial charge in [-0.1, -0.05) is 19.4 Å². The van der Waals surface area contributed by atoms with Crippen LogP contribution >= 0.6 is 0 Å². The molecule has 5 nitrogen and oxygen atoms in total. The van der Waals surface area contributed by atoms with Gasteiger partial charge in [0.15, 0.2) is 6.10 Å². The van der Waals surface area contributed by atoms with Gasteiger partial charge in [0.1, 0.15) is 17.2 Å². The summed E-state index contributed by atoms with van der Waals surface area (Å²) in [5.41, 5.74) is 6.81. The second-order valence-electron chi connectivity index (χ2n) is 5.40. The Labute approximate surface area is 142 Å². The molecule has 1 unspecified atom stereocenters. The predicted octanol–water partition coefficient (Wildman–Crippen LogP) is 3.72. The first-order chi connectivity index (χ1) is 11.6. The van der Waals surface area contributed by atoms with E-state index in [0.29, 0.717) is 34.9 Å². The maximum absolute atomic E-state index is 13.0. The Kier molecular flexibility index (Phi) is 6.07. The van der Waals surface area contributed by atoms with Gasteiger partial charge < -0.3 is 19.9 Å². The van der Waals surface area contributed by atoms with Crippen molar-refractivity contribution >= 4 is 11.5 Å². The van der Waals surface area contributed by atoms with Crippen molar-refractivity contribution in [2.75, 3.05) is 20.0 Å². The highest BCUT2D eigenvalue weighted by atomic mass is 16.5. The molecule has 0 bridgehead atoms. The molecule has 0 spiro atoms. The predicted molar refractivity (Wildman–Crippen MR) is 94.1 cm³/mol. The van der Waals surface area contributed by atoms with Crippen LogP contribution in [0.2, 0.25) is 0 Å². The monoisotopic (exact) mass is 329 g/mol. The molecule has 0 saturated carbocycles. The van der Waals surface area contributed by atoms with E-state index in [9.17, 15) is 4.79 Å². The first-order valence-electron chi connectivity index (χ1n) is 7.87. The summed E-state index contributed by atoms with van der Waals surface area (Å²) in [6.45, 7) is 2.01. The Morgan fingerprint density at radius 1 is 1.08 bits per heavy atom. The highest BCUT2D eigenvalue weighted by molar-refractivity contribution is 6.02. The molecule has 0 amide bonds. The average molecular weight is 329 g/mol. The Morgan fingerprint density at radius 3 is 2.50 bits per heavy atom. The Hall–Kier alpha value is -2.69. The smallest absolute Gasteiger partial charge is 0.207 e. The number of nitrogen functional groups attached to an aromatic ring is 1. The van der Waals surface area contributed by atoms with Crippen molar-refractivity contribution in [1.29, 1.82) is 0 Å². The second kappa shape index (κ2) is 8.24. The zero-order valence-corrected chi connectivity index (χ0v) is 14.2. The van der Waals surface area contributed by atoms with Crippen LogP contribution in [0.4, 0.5) is 5.69 Å². The number of hydrogen-bond donors (Lipinski definition) is 1. The van der Waals surface area contributed by atoms with Gasteiger partial charge in [0.05, 0.1) is 19.8 Å². The summed E-state index contributed by atoms with van der Waals surface area (Å²) in [4.78, 5) is 13.0. The summed E-state index contributed by atoms with van der Waals surface area (Å²) in [6, 6.07) is 12.2. The minimum Gasteiger partial charge on any atom is -0.497 e. The number of anilines is 1. The molecule has 0 radical (unpaired) electrons. The molecule has 2 N–H and O–H groups in total. The standard InChI is InChI=1S/C19H23NO4/c1-4-6-18(24-15-8-5-7-13(20)11-15)19(21)16-12-14(22-2)9-10-17(16)23-3/h5,7-12,18H,4,6,20H2,1-3H3. The minimum absolute atomic E-state index is 0.143. The topological polar surface area (TPSA) is 70.8 Å². The molecule has 0 aliphatic rings. The van der Waals surface area contributed by atoms with Crippen LogP contribution in [0.15, 0.2) is 42.5 Å². The fourth-order valence-corrected chi connectivity index (χ4v) is 2.44. The highest BCUT2D eigenvalue weighted by Crippen LogP contribution is 2.27. The number of ketones is 1. The summed E-state index contributed by atoms with van der Waals surface area (Å²) >= 11 is 0. The van der Waals surface area contributed by atoms with E-state index in [1.807, 2.05) is 6.92 Å². The van der Waals surface area contributed by atoms with E-state index in [1.54, 1.807) is 49.6 Å². The molecule has 0 heterocycles. The van der Waals surface area contributed by atoms with Crippen molar-refractivity contribution < 1.29 is 19.0 Å². The van der Waals surface area contributed by atoms with Gasteiger partial charge in [-0.15, -0.1) is 0 Å². The van der Waals surface area contributed by atoms with Gasteiger partial charge in [-0.05, 0) is 36.8 Å². The molecule has 128 valence electrons. The number of carbonyl (C=O) groups excluding carboxylic acids is 1. The molecule has 0 aliphatic heterocycles. The van der Waals surface area contributed by atoms with Crippen LogP contribution in [0.1, 0.15) is 30.1 Å². The third-order valence-electron chi connectivity index (χ3n) is 3.65. The molecule has 2 aromatic rings. The lowest BCUT2D eigenvalue weighted by Crippen LogP contribution is -2.28. The van der Waals surface area contributed by atoms with Gasteiger partial charge in [0.25, 0.3) is 0 Å². The number of ether oxygens (including phenoxy) is 3. The van der Waals surface area contributed by atoms with Crippen molar-refractivity contribution in [3.63, 3.8) is 0 Å². The van der Waals surface area contributed by atoms with Crippen molar-refractivity contribution in [2.24, 2.45) is 0 Å². The summed E-state index contributed by atoms with van der Waals surface area (Å²) in [6.07, 6.45) is 0.789. The molecule has 0 fully saturated rings. The first kappa shape index (κ1) is 17.7. The SMILES string of the molecule is CCCC(Oc1cccc(N)c1)C(=O)c1cc(OC)ccc1OC. The van der Waals surface area contributed by atoms with Gasteiger partial charge in [-0.3, -0.25) is 4.79 Å². The summed E-state index contributed by atoms with van der Waals surface area (Å²) < 4.78 is 16.4. The number of rotatable bonds is 8. The molecule has 24 heavy (non-hydrogen) atoms. The maximum atomic E-state index is 13.0. The molecule has 0 aliphatic carbocycles. The van der Waals surface area contributed by atoms with Crippen LogP contribution in [0.3, 0.4) is 0 Å². The Morgan fingerprint density at radius 2 is 1.88 bits per heavy atom. The van der Waals surface area contributed by atoms with Crippen LogP contribution in [0, 0.1) is 0 Å². The third-order valence-corrected chi connectivity index (χ3v) is 3.65. The highest BCUT2D eigenvalue weighted by Gasteiger charge is 2.25. The van der Waals surface area contributed by atoms with Crippen LogP contribution in [0.25, 0.3) is 0 Å². The Balaban J connectivity index is 2.31. The van der Waals surface area contributed by atoms with Gasteiger partial charge in [-0.2, -0.15) is 0 Å².